The van der Waals surface area contributed by atoms with Crippen molar-refractivity contribution in [1.82, 2.24) is 0 Å². The van der Waals surface area contributed by atoms with Crippen molar-refractivity contribution in [3.05, 3.63) is 74.8 Å². The standard InChI is InChI=1S/C17H17NO3/c1-3-12-10-15(18(20)21)11-13(4-2)16(12)17(19)14-8-6-5-7-9-14/h5-11H,3-4H2,1-2H3. The maximum Gasteiger partial charge on any atom is 0.270 e. The minimum Gasteiger partial charge on any atom is -0.289 e. The lowest BCUT2D eigenvalue weighted by Gasteiger charge is -2.12. The molecule has 2 rings (SSSR count). The summed E-state index contributed by atoms with van der Waals surface area (Å²) in [5.74, 6) is -0.0702. The first-order valence-corrected chi connectivity index (χ1v) is 6.98. The van der Waals surface area contributed by atoms with E-state index in [9.17, 15) is 14.9 Å². The maximum absolute atomic E-state index is 12.7. The van der Waals surface area contributed by atoms with Gasteiger partial charge < -0.3 is 0 Å². The number of carbonyl (C=O) groups is 1. The van der Waals surface area contributed by atoms with Gasteiger partial charge >= 0.3 is 0 Å². The predicted molar refractivity (Wildman–Crippen MR) is 81.7 cm³/mol. The SMILES string of the molecule is CCc1cc([N+](=O)[O-])cc(CC)c1C(=O)c1ccccc1. The summed E-state index contributed by atoms with van der Waals surface area (Å²) in [6, 6.07) is 12.0. The molecular weight excluding hydrogens is 266 g/mol. The average molecular weight is 283 g/mol. The number of nitrogens with zero attached hydrogens (tertiary/aromatic N) is 1. The van der Waals surface area contributed by atoms with Crippen molar-refractivity contribution >= 4 is 11.5 Å². The molecule has 0 saturated heterocycles. The zero-order chi connectivity index (χ0) is 15.4. The highest BCUT2D eigenvalue weighted by atomic mass is 16.6. The quantitative estimate of drug-likeness (QED) is 0.474. The molecule has 0 aliphatic rings. The number of hydrogen-bond donors (Lipinski definition) is 0. The highest BCUT2D eigenvalue weighted by Gasteiger charge is 2.20. The van der Waals surface area contributed by atoms with Crippen LogP contribution in [-0.4, -0.2) is 10.7 Å². The average Bonchev–Trinajstić information content (AvgIpc) is 2.53. The highest BCUT2D eigenvalue weighted by molar-refractivity contribution is 6.11. The summed E-state index contributed by atoms with van der Waals surface area (Å²) < 4.78 is 0. The van der Waals surface area contributed by atoms with E-state index in [2.05, 4.69) is 0 Å². The Morgan fingerprint density at radius 2 is 1.57 bits per heavy atom. The van der Waals surface area contributed by atoms with Crippen LogP contribution in [0, 0.1) is 10.1 Å². The van der Waals surface area contributed by atoms with Crippen LogP contribution in [0.4, 0.5) is 5.69 Å². The number of nitro groups is 1. The van der Waals surface area contributed by atoms with Crippen molar-refractivity contribution in [2.24, 2.45) is 0 Å². The topological polar surface area (TPSA) is 60.2 Å². The van der Waals surface area contributed by atoms with E-state index in [4.69, 9.17) is 0 Å². The molecule has 4 nitrogen and oxygen atoms in total. The van der Waals surface area contributed by atoms with E-state index in [-0.39, 0.29) is 11.5 Å². The van der Waals surface area contributed by atoms with Gasteiger partial charge in [-0.2, -0.15) is 0 Å². The van der Waals surface area contributed by atoms with Gasteiger partial charge in [0.2, 0.25) is 0 Å². The van der Waals surface area contributed by atoms with E-state index >= 15 is 0 Å². The lowest BCUT2D eigenvalue weighted by atomic mass is 9.90. The highest BCUT2D eigenvalue weighted by Crippen LogP contribution is 2.26. The Morgan fingerprint density at radius 1 is 1.05 bits per heavy atom. The van der Waals surface area contributed by atoms with Crippen molar-refractivity contribution in [1.29, 1.82) is 0 Å². The largest absolute Gasteiger partial charge is 0.289 e. The van der Waals surface area contributed by atoms with Crippen molar-refractivity contribution in [3.8, 4) is 0 Å². The van der Waals surface area contributed by atoms with E-state index in [1.807, 2.05) is 32.0 Å². The summed E-state index contributed by atoms with van der Waals surface area (Å²) >= 11 is 0. The number of aryl methyl sites for hydroxylation is 2. The molecule has 2 aromatic rings. The van der Waals surface area contributed by atoms with Crippen LogP contribution in [0.2, 0.25) is 0 Å². The summed E-state index contributed by atoms with van der Waals surface area (Å²) in [5, 5.41) is 11.0. The lowest BCUT2D eigenvalue weighted by molar-refractivity contribution is -0.385. The van der Waals surface area contributed by atoms with Gasteiger partial charge in [0.05, 0.1) is 4.92 Å². The van der Waals surface area contributed by atoms with E-state index in [1.54, 1.807) is 12.1 Å². The Morgan fingerprint density at radius 3 is 2.00 bits per heavy atom. The molecule has 0 radical (unpaired) electrons. The number of benzene rings is 2. The molecule has 0 fully saturated rings. The normalized spacial score (nSPS) is 10.4. The van der Waals surface area contributed by atoms with Crippen LogP contribution in [0.15, 0.2) is 42.5 Å². The molecule has 0 N–H and O–H groups in total. The number of rotatable bonds is 5. The summed E-state index contributed by atoms with van der Waals surface area (Å²) in [4.78, 5) is 23.3. The Kier molecular flexibility index (Phi) is 4.48. The van der Waals surface area contributed by atoms with Crippen molar-refractivity contribution in [2.45, 2.75) is 26.7 Å². The second kappa shape index (κ2) is 6.31. The third-order valence-electron chi connectivity index (χ3n) is 3.52. The fraction of sp³-hybridized carbons (Fsp3) is 0.235. The monoisotopic (exact) mass is 283 g/mol. The van der Waals surface area contributed by atoms with Gasteiger partial charge in [-0.1, -0.05) is 44.2 Å². The fourth-order valence-electron chi connectivity index (χ4n) is 2.44. The van der Waals surface area contributed by atoms with E-state index in [0.717, 1.165) is 11.1 Å². The molecule has 0 aliphatic carbocycles. The number of nitro benzene ring substituents is 1. The third kappa shape index (κ3) is 2.99. The van der Waals surface area contributed by atoms with Gasteiger partial charge in [-0.15, -0.1) is 0 Å². The van der Waals surface area contributed by atoms with Crippen LogP contribution in [-0.2, 0) is 12.8 Å². The summed E-state index contributed by atoms with van der Waals surface area (Å²) in [6.45, 7) is 3.81. The van der Waals surface area contributed by atoms with Crippen LogP contribution in [0.25, 0.3) is 0 Å². The minimum absolute atomic E-state index is 0.0494. The molecule has 0 atom stereocenters. The predicted octanol–water partition coefficient (Wildman–Crippen LogP) is 3.95. The van der Waals surface area contributed by atoms with Crippen LogP contribution >= 0.6 is 0 Å². The minimum atomic E-state index is -0.408. The van der Waals surface area contributed by atoms with Crippen LogP contribution in [0.3, 0.4) is 0 Å². The number of carbonyl (C=O) groups excluding carboxylic acids is 1. The zero-order valence-corrected chi connectivity index (χ0v) is 12.1. The summed E-state index contributed by atoms with van der Waals surface area (Å²) in [7, 11) is 0. The first-order chi connectivity index (χ1) is 10.1. The second-order valence-electron chi connectivity index (χ2n) is 4.80. The van der Waals surface area contributed by atoms with Gasteiger partial charge in [0.15, 0.2) is 5.78 Å². The Balaban J connectivity index is 2.62. The molecule has 0 spiro atoms. The molecule has 0 heterocycles. The molecule has 0 aromatic heterocycles. The Hall–Kier alpha value is -2.49. The molecule has 0 bridgehead atoms. The molecule has 0 amide bonds. The van der Waals surface area contributed by atoms with Gasteiger partial charge in [-0.3, -0.25) is 14.9 Å². The smallest absolute Gasteiger partial charge is 0.270 e. The van der Waals surface area contributed by atoms with Crippen molar-refractivity contribution < 1.29 is 9.72 Å². The van der Waals surface area contributed by atoms with Gasteiger partial charge in [-0.25, -0.2) is 0 Å². The van der Waals surface area contributed by atoms with Crippen molar-refractivity contribution in [2.75, 3.05) is 0 Å². The number of non-ortho nitro benzene ring substituents is 1. The lowest BCUT2D eigenvalue weighted by Crippen LogP contribution is -2.10. The number of ketones is 1. The first-order valence-electron chi connectivity index (χ1n) is 6.98. The maximum atomic E-state index is 12.7. The van der Waals surface area contributed by atoms with E-state index < -0.39 is 4.92 Å². The molecule has 0 unspecified atom stereocenters. The molecular formula is C17H17NO3. The van der Waals surface area contributed by atoms with Gasteiger partial charge in [0.25, 0.3) is 5.69 Å². The zero-order valence-electron chi connectivity index (χ0n) is 12.1. The Labute approximate surface area is 123 Å². The van der Waals surface area contributed by atoms with Gasteiger partial charge in [0.1, 0.15) is 0 Å². The van der Waals surface area contributed by atoms with Crippen LogP contribution in [0.1, 0.15) is 40.9 Å². The molecule has 0 aliphatic heterocycles. The second-order valence-corrected chi connectivity index (χ2v) is 4.80. The van der Waals surface area contributed by atoms with Crippen molar-refractivity contribution in [3.63, 3.8) is 0 Å². The van der Waals surface area contributed by atoms with Crippen LogP contribution in [0.5, 0.6) is 0 Å². The fourth-order valence-corrected chi connectivity index (χ4v) is 2.44. The van der Waals surface area contributed by atoms with Gasteiger partial charge in [0, 0.05) is 23.3 Å². The summed E-state index contributed by atoms with van der Waals surface area (Å²) in [5.41, 5.74) is 2.73. The van der Waals surface area contributed by atoms with E-state index in [1.165, 1.54) is 12.1 Å². The molecule has 108 valence electrons. The number of hydrogen-bond acceptors (Lipinski definition) is 3. The Bertz CT molecular complexity index is 653. The molecule has 21 heavy (non-hydrogen) atoms. The van der Waals surface area contributed by atoms with Crippen LogP contribution < -0.4 is 0 Å². The summed E-state index contributed by atoms with van der Waals surface area (Å²) in [6.07, 6.45) is 1.17. The first kappa shape index (κ1) is 14.9. The van der Waals surface area contributed by atoms with Gasteiger partial charge in [-0.05, 0) is 24.0 Å². The third-order valence-corrected chi connectivity index (χ3v) is 3.52. The van der Waals surface area contributed by atoms with E-state index in [0.29, 0.717) is 24.0 Å². The molecule has 0 saturated carbocycles. The molecule has 2 aromatic carbocycles. The molecule has 4 heteroatoms.